The first-order valence-corrected chi connectivity index (χ1v) is 7.70. The maximum absolute atomic E-state index is 12.1. The van der Waals surface area contributed by atoms with Crippen LogP contribution in [-0.2, 0) is 28.7 Å². The van der Waals surface area contributed by atoms with Crippen LogP contribution in [-0.4, -0.2) is 46.8 Å². The Morgan fingerprint density at radius 3 is 3.09 bits per heavy atom. The van der Waals surface area contributed by atoms with Crippen molar-refractivity contribution >= 4 is 5.91 Å². The quantitative estimate of drug-likeness (QED) is 0.886. The van der Waals surface area contributed by atoms with Crippen molar-refractivity contribution in [3.05, 3.63) is 42.1 Å². The van der Waals surface area contributed by atoms with Crippen LogP contribution in [0, 0.1) is 0 Å². The molecule has 0 unspecified atom stereocenters. The molecule has 1 N–H and O–H groups in total. The number of amides is 1. The molecule has 0 aliphatic carbocycles. The van der Waals surface area contributed by atoms with Crippen molar-refractivity contribution in [2.24, 2.45) is 7.05 Å². The van der Waals surface area contributed by atoms with Gasteiger partial charge in [-0.15, -0.1) is 0 Å². The third kappa shape index (κ3) is 3.80. The lowest BCUT2D eigenvalue weighted by atomic mass is 9.97. The van der Waals surface area contributed by atoms with Gasteiger partial charge in [0.05, 0.1) is 32.2 Å². The van der Waals surface area contributed by atoms with Gasteiger partial charge < -0.3 is 14.5 Å². The summed E-state index contributed by atoms with van der Waals surface area (Å²) in [4.78, 5) is 14.2. The second kappa shape index (κ2) is 6.55. The van der Waals surface area contributed by atoms with E-state index in [4.69, 9.17) is 9.15 Å². The number of nitrogens with one attached hydrogen (secondary N) is 1. The third-order valence-electron chi connectivity index (χ3n) is 4.08. The van der Waals surface area contributed by atoms with E-state index in [0.717, 1.165) is 17.9 Å². The Morgan fingerprint density at radius 2 is 2.39 bits per heavy atom. The molecule has 1 saturated heterocycles. The zero-order chi connectivity index (χ0) is 16.3. The molecule has 7 nitrogen and oxygen atoms in total. The number of ether oxygens (including phenoxy) is 1. The molecule has 0 aromatic carbocycles. The average molecular weight is 318 g/mol. The number of aryl methyl sites for hydroxylation is 1. The van der Waals surface area contributed by atoms with E-state index in [0.29, 0.717) is 26.2 Å². The van der Waals surface area contributed by atoms with Crippen LogP contribution in [0.2, 0.25) is 0 Å². The Morgan fingerprint density at radius 1 is 1.52 bits per heavy atom. The lowest BCUT2D eigenvalue weighted by Gasteiger charge is -2.39. The summed E-state index contributed by atoms with van der Waals surface area (Å²) < 4.78 is 12.9. The van der Waals surface area contributed by atoms with Crippen LogP contribution >= 0.6 is 0 Å². The molecule has 0 saturated carbocycles. The van der Waals surface area contributed by atoms with Crippen molar-refractivity contribution in [2.75, 3.05) is 26.2 Å². The first-order chi connectivity index (χ1) is 11.0. The van der Waals surface area contributed by atoms with Crippen LogP contribution in [0.1, 0.15) is 18.2 Å². The molecule has 7 heteroatoms. The highest BCUT2D eigenvalue weighted by molar-refractivity contribution is 5.77. The van der Waals surface area contributed by atoms with E-state index >= 15 is 0 Å². The second-order valence-electron chi connectivity index (χ2n) is 6.05. The van der Waals surface area contributed by atoms with E-state index < -0.39 is 5.60 Å². The minimum absolute atomic E-state index is 0.0168. The fourth-order valence-electron chi connectivity index (χ4n) is 2.81. The standard InChI is InChI=1S/C16H22N4O3/c1-16(13-8-18-19(2)10-13)12-20(5-7-23-16)11-15(21)17-9-14-4-3-6-22-14/h3-4,6,8,10H,5,7,9,11-12H2,1-2H3,(H,17,21)/t16-/m0/s1. The molecule has 0 radical (unpaired) electrons. The van der Waals surface area contributed by atoms with E-state index in [1.54, 1.807) is 10.9 Å². The lowest BCUT2D eigenvalue weighted by Crippen LogP contribution is -2.50. The number of carbonyl (C=O) groups is 1. The first-order valence-electron chi connectivity index (χ1n) is 7.70. The number of furan rings is 1. The number of hydrogen-bond acceptors (Lipinski definition) is 5. The van der Waals surface area contributed by atoms with Crippen molar-refractivity contribution in [2.45, 2.75) is 19.1 Å². The summed E-state index contributed by atoms with van der Waals surface area (Å²) in [5, 5.41) is 7.08. The van der Waals surface area contributed by atoms with Gasteiger partial charge in [0, 0.05) is 31.9 Å². The summed E-state index contributed by atoms with van der Waals surface area (Å²) in [7, 11) is 1.88. The van der Waals surface area contributed by atoms with E-state index in [9.17, 15) is 4.79 Å². The molecular weight excluding hydrogens is 296 g/mol. The SMILES string of the molecule is Cn1cc([C@]2(C)CN(CC(=O)NCc3ccco3)CCO2)cn1. The molecule has 1 amide bonds. The highest BCUT2D eigenvalue weighted by Crippen LogP contribution is 2.28. The molecule has 0 spiro atoms. The van der Waals surface area contributed by atoms with Gasteiger partial charge in [-0.1, -0.05) is 0 Å². The zero-order valence-corrected chi connectivity index (χ0v) is 13.5. The van der Waals surface area contributed by atoms with Crippen LogP contribution in [0.4, 0.5) is 0 Å². The second-order valence-corrected chi connectivity index (χ2v) is 6.05. The van der Waals surface area contributed by atoms with E-state index in [1.165, 1.54) is 0 Å². The summed E-state index contributed by atoms with van der Waals surface area (Å²) in [6.45, 7) is 4.79. The smallest absolute Gasteiger partial charge is 0.234 e. The predicted octanol–water partition coefficient (Wildman–Crippen LogP) is 0.877. The number of hydrogen-bond donors (Lipinski definition) is 1. The highest BCUT2D eigenvalue weighted by atomic mass is 16.5. The summed E-state index contributed by atoms with van der Waals surface area (Å²) in [5.41, 5.74) is 0.592. The lowest BCUT2D eigenvalue weighted by molar-refractivity contribution is -0.130. The summed E-state index contributed by atoms with van der Waals surface area (Å²) in [6, 6.07) is 3.65. The molecule has 124 valence electrons. The zero-order valence-electron chi connectivity index (χ0n) is 13.5. The van der Waals surface area contributed by atoms with Gasteiger partial charge in [0.1, 0.15) is 11.4 Å². The molecule has 2 aromatic heterocycles. The van der Waals surface area contributed by atoms with Gasteiger partial charge in [0.2, 0.25) is 5.91 Å². The number of rotatable bonds is 5. The fraction of sp³-hybridized carbons (Fsp3) is 0.500. The topological polar surface area (TPSA) is 72.5 Å². The van der Waals surface area contributed by atoms with Crippen LogP contribution < -0.4 is 5.32 Å². The molecule has 23 heavy (non-hydrogen) atoms. The minimum Gasteiger partial charge on any atom is -0.467 e. The molecular formula is C16H22N4O3. The number of aromatic nitrogens is 2. The van der Waals surface area contributed by atoms with Crippen molar-refractivity contribution in [1.29, 1.82) is 0 Å². The Bertz CT molecular complexity index is 652. The third-order valence-corrected chi connectivity index (χ3v) is 4.08. The van der Waals surface area contributed by atoms with Crippen molar-refractivity contribution in [3.63, 3.8) is 0 Å². The normalized spacial score (nSPS) is 22.2. The Kier molecular flexibility index (Phi) is 4.49. The van der Waals surface area contributed by atoms with Crippen molar-refractivity contribution < 1.29 is 13.9 Å². The van der Waals surface area contributed by atoms with E-state index in [-0.39, 0.29) is 5.91 Å². The van der Waals surface area contributed by atoms with Gasteiger partial charge in [-0.3, -0.25) is 14.4 Å². The largest absolute Gasteiger partial charge is 0.467 e. The van der Waals surface area contributed by atoms with Crippen molar-refractivity contribution in [1.82, 2.24) is 20.0 Å². The van der Waals surface area contributed by atoms with Gasteiger partial charge in [-0.25, -0.2) is 0 Å². The number of morpholine rings is 1. The van der Waals surface area contributed by atoms with Gasteiger partial charge in [0.25, 0.3) is 0 Å². The molecule has 3 heterocycles. The summed E-state index contributed by atoms with van der Waals surface area (Å²) in [5.74, 6) is 0.734. The van der Waals surface area contributed by atoms with Crippen LogP contribution in [0.25, 0.3) is 0 Å². The predicted molar refractivity (Wildman–Crippen MR) is 83.5 cm³/mol. The number of carbonyl (C=O) groups excluding carboxylic acids is 1. The monoisotopic (exact) mass is 318 g/mol. The molecule has 1 aliphatic heterocycles. The Balaban J connectivity index is 1.55. The van der Waals surface area contributed by atoms with Crippen LogP contribution in [0.5, 0.6) is 0 Å². The minimum atomic E-state index is -0.437. The van der Waals surface area contributed by atoms with Crippen molar-refractivity contribution in [3.8, 4) is 0 Å². The van der Waals surface area contributed by atoms with E-state index in [2.05, 4.69) is 15.3 Å². The van der Waals surface area contributed by atoms with Gasteiger partial charge in [-0.05, 0) is 19.1 Å². The summed E-state index contributed by atoms with van der Waals surface area (Å²) >= 11 is 0. The molecule has 1 fully saturated rings. The Hall–Kier alpha value is -2.12. The van der Waals surface area contributed by atoms with Gasteiger partial charge in [0.15, 0.2) is 0 Å². The summed E-state index contributed by atoms with van der Waals surface area (Å²) in [6.07, 6.45) is 5.38. The highest BCUT2D eigenvalue weighted by Gasteiger charge is 2.35. The Labute approximate surface area is 135 Å². The average Bonchev–Trinajstić information content (AvgIpc) is 3.17. The fourth-order valence-corrected chi connectivity index (χ4v) is 2.81. The first kappa shape index (κ1) is 15.8. The number of nitrogens with zero attached hydrogens (tertiary/aromatic N) is 3. The maximum atomic E-state index is 12.1. The van der Waals surface area contributed by atoms with Crippen LogP contribution in [0.3, 0.4) is 0 Å². The van der Waals surface area contributed by atoms with Gasteiger partial charge in [-0.2, -0.15) is 5.10 Å². The van der Waals surface area contributed by atoms with E-state index in [1.807, 2.05) is 38.5 Å². The molecule has 1 atom stereocenters. The molecule has 0 bridgehead atoms. The van der Waals surface area contributed by atoms with Crippen LogP contribution in [0.15, 0.2) is 35.2 Å². The maximum Gasteiger partial charge on any atom is 0.234 e. The molecule has 3 rings (SSSR count). The van der Waals surface area contributed by atoms with Gasteiger partial charge >= 0.3 is 0 Å². The molecule has 2 aromatic rings. The molecule has 1 aliphatic rings.